The molecule has 1 amide bonds. The molecular weight excluding hydrogens is 230 g/mol. The number of rotatable bonds is 4. The van der Waals surface area contributed by atoms with Crippen LogP contribution < -0.4 is 10.6 Å². The minimum Gasteiger partial charge on any atom is -0.378 e. The Kier molecular flexibility index (Phi) is 5.41. The highest BCUT2D eigenvalue weighted by Gasteiger charge is 2.22. The number of nitrogens with zero attached hydrogens (tertiary/aromatic N) is 1. The van der Waals surface area contributed by atoms with Crippen molar-refractivity contribution in [2.45, 2.75) is 38.3 Å². The number of hydrogen-bond acceptors (Lipinski definition) is 4. The molecule has 0 bridgehead atoms. The lowest BCUT2D eigenvalue weighted by molar-refractivity contribution is -0.126. The number of morpholine rings is 1. The topological polar surface area (TPSA) is 53.6 Å². The molecule has 2 unspecified atom stereocenters. The number of carbonyl (C=O) groups excluding carboxylic acids is 1. The lowest BCUT2D eigenvalue weighted by Gasteiger charge is -2.33. The molecule has 2 N–H and O–H groups in total. The molecule has 2 fully saturated rings. The monoisotopic (exact) mass is 255 g/mol. The average Bonchev–Trinajstić information content (AvgIpc) is 2.46. The Balaban J connectivity index is 1.67. The maximum Gasteiger partial charge on any atom is 0.239 e. The van der Waals surface area contributed by atoms with Crippen molar-refractivity contribution in [1.29, 1.82) is 0 Å². The first-order valence-electron chi connectivity index (χ1n) is 7.10. The minimum atomic E-state index is -0.174. The Bertz CT molecular complexity index is 261. The molecule has 0 radical (unpaired) electrons. The van der Waals surface area contributed by atoms with Crippen LogP contribution in [0, 0.1) is 0 Å². The quantitative estimate of drug-likeness (QED) is 0.740. The SMILES string of the molecule is CC(CNC(=O)C1COCCN1)N1CCCCC1. The highest BCUT2D eigenvalue weighted by molar-refractivity contribution is 5.82. The molecule has 5 heteroatoms. The van der Waals surface area contributed by atoms with Gasteiger partial charge in [-0.25, -0.2) is 0 Å². The lowest BCUT2D eigenvalue weighted by atomic mass is 10.1. The zero-order chi connectivity index (χ0) is 12.8. The molecule has 0 aromatic heterocycles. The number of nitrogens with one attached hydrogen (secondary N) is 2. The normalized spacial score (nSPS) is 27.7. The summed E-state index contributed by atoms with van der Waals surface area (Å²) in [5.74, 6) is 0.0681. The molecule has 18 heavy (non-hydrogen) atoms. The molecule has 104 valence electrons. The number of hydrogen-bond donors (Lipinski definition) is 2. The van der Waals surface area contributed by atoms with Crippen LogP contribution in [-0.4, -0.2) is 62.3 Å². The van der Waals surface area contributed by atoms with E-state index in [4.69, 9.17) is 4.74 Å². The van der Waals surface area contributed by atoms with Crippen molar-refractivity contribution in [2.24, 2.45) is 0 Å². The summed E-state index contributed by atoms with van der Waals surface area (Å²) in [6.07, 6.45) is 3.92. The largest absolute Gasteiger partial charge is 0.378 e. The van der Waals surface area contributed by atoms with E-state index in [-0.39, 0.29) is 11.9 Å². The summed E-state index contributed by atoms with van der Waals surface area (Å²) in [5.41, 5.74) is 0. The Labute approximate surface area is 109 Å². The van der Waals surface area contributed by atoms with Gasteiger partial charge in [0, 0.05) is 19.1 Å². The fourth-order valence-corrected chi connectivity index (χ4v) is 2.59. The highest BCUT2D eigenvalue weighted by Crippen LogP contribution is 2.11. The summed E-state index contributed by atoms with van der Waals surface area (Å²) in [6, 6.07) is 0.256. The smallest absolute Gasteiger partial charge is 0.239 e. The van der Waals surface area contributed by atoms with E-state index in [1.54, 1.807) is 0 Å². The van der Waals surface area contributed by atoms with Gasteiger partial charge in [0.25, 0.3) is 0 Å². The standard InChI is InChI=1S/C13H25N3O2/c1-11(16-6-3-2-4-7-16)9-15-13(17)12-10-18-8-5-14-12/h11-12,14H,2-10H2,1H3,(H,15,17). The van der Waals surface area contributed by atoms with E-state index < -0.39 is 0 Å². The van der Waals surface area contributed by atoms with Crippen molar-refractivity contribution in [2.75, 3.05) is 39.4 Å². The summed E-state index contributed by atoms with van der Waals surface area (Å²) in [6.45, 7) is 7.22. The van der Waals surface area contributed by atoms with Crippen molar-refractivity contribution in [3.8, 4) is 0 Å². The van der Waals surface area contributed by atoms with E-state index in [9.17, 15) is 4.79 Å². The second-order valence-corrected chi connectivity index (χ2v) is 5.27. The van der Waals surface area contributed by atoms with Gasteiger partial charge in [0.1, 0.15) is 6.04 Å². The summed E-state index contributed by atoms with van der Waals surface area (Å²) in [7, 11) is 0. The Hall–Kier alpha value is -0.650. The van der Waals surface area contributed by atoms with Gasteiger partial charge in [-0.05, 0) is 32.9 Å². The van der Waals surface area contributed by atoms with Crippen molar-refractivity contribution >= 4 is 5.91 Å². The third kappa shape index (κ3) is 3.93. The molecule has 2 aliphatic rings. The third-order valence-electron chi connectivity index (χ3n) is 3.82. The zero-order valence-electron chi connectivity index (χ0n) is 11.3. The molecular formula is C13H25N3O2. The van der Waals surface area contributed by atoms with Gasteiger partial charge in [-0.3, -0.25) is 9.69 Å². The van der Waals surface area contributed by atoms with Crippen LogP contribution in [-0.2, 0) is 9.53 Å². The van der Waals surface area contributed by atoms with Crippen LogP contribution in [0.3, 0.4) is 0 Å². The Morgan fingerprint density at radius 3 is 2.89 bits per heavy atom. The average molecular weight is 255 g/mol. The van der Waals surface area contributed by atoms with Gasteiger partial charge in [0.15, 0.2) is 0 Å². The number of piperidine rings is 1. The molecule has 0 aromatic rings. The number of likely N-dealkylation sites (tertiary alicyclic amines) is 1. The molecule has 0 saturated carbocycles. The van der Waals surface area contributed by atoms with E-state index in [1.165, 1.54) is 32.4 Å². The highest BCUT2D eigenvalue weighted by atomic mass is 16.5. The van der Waals surface area contributed by atoms with Gasteiger partial charge in [-0.15, -0.1) is 0 Å². The maximum atomic E-state index is 11.9. The van der Waals surface area contributed by atoms with Crippen LogP contribution in [0.15, 0.2) is 0 Å². The molecule has 0 spiro atoms. The Morgan fingerprint density at radius 1 is 1.44 bits per heavy atom. The van der Waals surface area contributed by atoms with E-state index >= 15 is 0 Å². The molecule has 2 heterocycles. The van der Waals surface area contributed by atoms with E-state index in [2.05, 4.69) is 22.5 Å². The van der Waals surface area contributed by atoms with E-state index in [0.717, 1.165) is 13.1 Å². The van der Waals surface area contributed by atoms with Gasteiger partial charge in [-0.2, -0.15) is 0 Å². The van der Waals surface area contributed by atoms with E-state index in [1.807, 2.05) is 0 Å². The fourth-order valence-electron chi connectivity index (χ4n) is 2.59. The first-order valence-corrected chi connectivity index (χ1v) is 7.10. The summed E-state index contributed by atoms with van der Waals surface area (Å²) in [4.78, 5) is 14.4. The predicted molar refractivity (Wildman–Crippen MR) is 70.5 cm³/mol. The molecule has 2 rings (SSSR count). The van der Waals surface area contributed by atoms with Crippen molar-refractivity contribution in [3.05, 3.63) is 0 Å². The first kappa shape index (κ1) is 13.8. The molecule has 2 aliphatic heterocycles. The molecule has 2 saturated heterocycles. The lowest BCUT2D eigenvalue weighted by Crippen LogP contribution is -2.53. The third-order valence-corrected chi connectivity index (χ3v) is 3.82. The van der Waals surface area contributed by atoms with Crippen LogP contribution in [0.4, 0.5) is 0 Å². The second kappa shape index (κ2) is 7.07. The molecule has 0 aliphatic carbocycles. The van der Waals surface area contributed by atoms with Crippen LogP contribution in [0.2, 0.25) is 0 Å². The van der Waals surface area contributed by atoms with Gasteiger partial charge in [0.05, 0.1) is 13.2 Å². The number of amides is 1. The van der Waals surface area contributed by atoms with Crippen LogP contribution >= 0.6 is 0 Å². The van der Waals surface area contributed by atoms with Gasteiger partial charge >= 0.3 is 0 Å². The van der Waals surface area contributed by atoms with Crippen LogP contribution in [0.5, 0.6) is 0 Å². The van der Waals surface area contributed by atoms with Crippen molar-refractivity contribution in [1.82, 2.24) is 15.5 Å². The number of carbonyl (C=O) groups is 1. The maximum absolute atomic E-state index is 11.9. The van der Waals surface area contributed by atoms with Crippen LogP contribution in [0.25, 0.3) is 0 Å². The molecule has 0 aromatic carbocycles. The molecule has 2 atom stereocenters. The van der Waals surface area contributed by atoms with Gasteiger partial charge < -0.3 is 15.4 Å². The predicted octanol–water partition coefficient (Wildman–Crippen LogP) is -0.0346. The van der Waals surface area contributed by atoms with Gasteiger partial charge in [0.2, 0.25) is 5.91 Å². The van der Waals surface area contributed by atoms with Crippen LogP contribution in [0.1, 0.15) is 26.2 Å². The first-order chi connectivity index (χ1) is 8.77. The minimum absolute atomic E-state index is 0.0681. The Morgan fingerprint density at radius 2 is 2.22 bits per heavy atom. The van der Waals surface area contributed by atoms with Crippen molar-refractivity contribution < 1.29 is 9.53 Å². The summed E-state index contributed by atoms with van der Waals surface area (Å²) >= 11 is 0. The summed E-state index contributed by atoms with van der Waals surface area (Å²) < 4.78 is 5.29. The fraction of sp³-hybridized carbons (Fsp3) is 0.923. The second-order valence-electron chi connectivity index (χ2n) is 5.27. The van der Waals surface area contributed by atoms with E-state index in [0.29, 0.717) is 19.3 Å². The van der Waals surface area contributed by atoms with Crippen molar-refractivity contribution in [3.63, 3.8) is 0 Å². The zero-order valence-corrected chi connectivity index (χ0v) is 11.3. The van der Waals surface area contributed by atoms with Gasteiger partial charge in [-0.1, -0.05) is 6.42 Å². The summed E-state index contributed by atoms with van der Waals surface area (Å²) in [5, 5.41) is 6.20. The molecule has 5 nitrogen and oxygen atoms in total. The number of ether oxygens (including phenoxy) is 1.